The Morgan fingerprint density at radius 1 is 1.03 bits per heavy atom. The summed E-state index contributed by atoms with van der Waals surface area (Å²) in [6.07, 6.45) is 0.254. The predicted molar refractivity (Wildman–Crippen MR) is 111 cm³/mol. The summed E-state index contributed by atoms with van der Waals surface area (Å²) in [7, 11) is -3.73. The third kappa shape index (κ3) is 5.46. The number of benzene rings is 2. The van der Waals surface area contributed by atoms with Gasteiger partial charge >= 0.3 is 0 Å². The minimum absolute atomic E-state index is 0.00112. The minimum Gasteiger partial charge on any atom is -0.326 e. The summed E-state index contributed by atoms with van der Waals surface area (Å²) in [5, 5.41) is 2.92. The van der Waals surface area contributed by atoms with Crippen molar-refractivity contribution in [2.45, 2.75) is 11.3 Å². The van der Waals surface area contributed by atoms with Gasteiger partial charge in [0.25, 0.3) is 0 Å². The second-order valence-electron chi connectivity index (χ2n) is 6.60. The summed E-state index contributed by atoms with van der Waals surface area (Å²) in [5.41, 5.74) is 0.533. The molecular weight excluding hydrogens is 440 g/mol. The zero-order valence-corrected chi connectivity index (χ0v) is 17.8. The van der Waals surface area contributed by atoms with Gasteiger partial charge in [0.05, 0.1) is 10.0 Å². The van der Waals surface area contributed by atoms with E-state index in [-0.39, 0.29) is 33.1 Å². The van der Waals surface area contributed by atoms with Crippen molar-refractivity contribution >= 4 is 44.8 Å². The van der Waals surface area contributed by atoms with Gasteiger partial charge in [-0.2, -0.15) is 4.31 Å². The number of halogens is 3. The van der Waals surface area contributed by atoms with Crippen LogP contribution in [0.2, 0.25) is 10.0 Å². The molecule has 2 aromatic rings. The fraction of sp³-hybridized carbons (Fsp3) is 0.316. The van der Waals surface area contributed by atoms with E-state index in [0.717, 1.165) is 0 Å². The molecule has 1 saturated heterocycles. The average Bonchev–Trinajstić information content (AvgIpc) is 2.70. The highest BCUT2D eigenvalue weighted by atomic mass is 35.5. The highest BCUT2D eigenvalue weighted by Crippen LogP contribution is 2.31. The summed E-state index contributed by atoms with van der Waals surface area (Å²) in [6.45, 7) is 2.09. The van der Waals surface area contributed by atoms with Gasteiger partial charge in [-0.1, -0.05) is 29.3 Å². The van der Waals surface area contributed by atoms with Crippen LogP contribution >= 0.6 is 23.2 Å². The third-order valence-electron chi connectivity index (χ3n) is 4.65. The van der Waals surface area contributed by atoms with E-state index >= 15 is 0 Å². The van der Waals surface area contributed by atoms with Crippen LogP contribution in [0.15, 0.2) is 47.4 Å². The van der Waals surface area contributed by atoms with Gasteiger partial charge in [-0.05, 0) is 36.4 Å². The summed E-state index contributed by atoms with van der Waals surface area (Å²) in [6, 6.07) is 10.1. The second kappa shape index (κ2) is 9.40. The Balaban J connectivity index is 1.50. The van der Waals surface area contributed by atoms with Gasteiger partial charge < -0.3 is 10.2 Å². The van der Waals surface area contributed by atoms with Crippen molar-refractivity contribution in [1.29, 1.82) is 0 Å². The molecule has 0 saturated carbocycles. The first-order valence-corrected chi connectivity index (χ1v) is 11.2. The number of nitrogens with one attached hydrogen (secondary N) is 1. The van der Waals surface area contributed by atoms with E-state index in [1.54, 1.807) is 6.07 Å². The van der Waals surface area contributed by atoms with Crippen LogP contribution in [0.3, 0.4) is 0 Å². The fourth-order valence-electron chi connectivity index (χ4n) is 3.03. The number of nitrogens with zero attached hydrogens (tertiary/aromatic N) is 2. The number of carbonyl (C=O) groups excluding carboxylic acids is 1. The van der Waals surface area contributed by atoms with Gasteiger partial charge in [0.1, 0.15) is 10.7 Å². The zero-order valence-electron chi connectivity index (χ0n) is 15.4. The molecule has 0 atom stereocenters. The number of carbonyl (C=O) groups is 1. The maximum Gasteiger partial charge on any atom is 0.244 e. The highest BCUT2D eigenvalue weighted by molar-refractivity contribution is 7.89. The summed E-state index contributed by atoms with van der Waals surface area (Å²) in [5.74, 6) is -0.549. The van der Waals surface area contributed by atoms with E-state index in [4.69, 9.17) is 23.2 Å². The monoisotopic (exact) mass is 459 g/mol. The molecule has 6 nitrogen and oxygen atoms in total. The Hall–Kier alpha value is -1.71. The van der Waals surface area contributed by atoms with Crippen LogP contribution in [-0.4, -0.2) is 56.3 Å². The number of piperazine rings is 1. The molecule has 10 heteroatoms. The summed E-state index contributed by atoms with van der Waals surface area (Å²) >= 11 is 12.0. The molecule has 0 aromatic heterocycles. The number of sulfonamides is 1. The number of anilines is 1. The molecule has 1 fully saturated rings. The van der Waals surface area contributed by atoms with Gasteiger partial charge in [-0.15, -0.1) is 0 Å². The first-order chi connectivity index (χ1) is 13.8. The average molecular weight is 460 g/mol. The van der Waals surface area contributed by atoms with Gasteiger partial charge in [-0.25, -0.2) is 12.8 Å². The SMILES string of the molecule is O=C(CCN1CCN(S(=O)(=O)c2cccc(Cl)c2Cl)CC1)Nc1ccc(F)cc1. The van der Waals surface area contributed by atoms with Crippen molar-refractivity contribution in [3.63, 3.8) is 0 Å². The molecule has 1 aliphatic rings. The molecule has 0 bridgehead atoms. The van der Waals surface area contributed by atoms with E-state index < -0.39 is 10.0 Å². The van der Waals surface area contributed by atoms with Crippen molar-refractivity contribution < 1.29 is 17.6 Å². The van der Waals surface area contributed by atoms with E-state index in [9.17, 15) is 17.6 Å². The van der Waals surface area contributed by atoms with E-state index in [1.165, 1.54) is 40.7 Å². The lowest BCUT2D eigenvalue weighted by Crippen LogP contribution is -2.49. The standard InChI is InChI=1S/C19H20Cl2FN3O3S/c20-16-2-1-3-17(19(16)21)29(27,28)25-12-10-24(11-13-25)9-8-18(26)23-15-6-4-14(22)5-7-15/h1-7H,8-13H2,(H,23,26). The van der Waals surface area contributed by atoms with Gasteiger partial charge in [0, 0.05) is 44.8 Å². The van der Waals surface area contributed by atoms with Crippen LogP contribution in [0.25, 0.3) is 0 Å². The molecule has 156 valence electrons. The van der Waals surface area contributed by atoms with Gasteiger partial charge in [-0.3, -0.25) is 4.79 Å². The largest absolute Gasteiger partial charge is 0.326 e. The molecule has 3 rings (SSSR count). The lowest BCUT2D eigenvalue weighted by molar-refractivity contribution is -0.116. The quantitative estimate of drug-likeness (QED) is 0.717. The number of rotatable bonds is 6. The van der Waals surface area contributed by atoms with Crippen LogP contribution in [0, 0.1) is 5.82 Å². The maximum atomic E-state index is 12.9. The number of hydrogen-bond donors (Lipinski definition) is 1. The Kier molecular flexibility index (Phi) is 7.13. The minimum atomic E-state index is -3.73. The highest BCUT2D eigenvalue weighted by Gasteiger charge is 2.30. The van der Waals surface area contributed by atoms with Crippen molar-refractivity contribution in [1.82, 2.24) is 9.21 Å². The maximum absolute atomic E-state index is 12.9. The van der Waals surface area contributed by atoms with Crippen LogP contribution in [0.1, 0.15) is 6.42 Å². The van der Waals surface area contributed by atoms with E-state index in [1.807, 2.05) is 4.90 Å². The van der Waals surface area contributed by atoms with Crippen LogP contribution in [0.5, 0.6) is 0 Å². The molecule has 1 amide bonds. The predicted octanol–water partition coefficient (Wildman–Crippen LogP) is 3.47. The molecule has 0 unspecified atom stereocenters. The first kappa shape index (κ1) is 22.0. The Labute approximate surface area is 179 Å². The fourth-order valence-corrected chi connectivity index (χ4v) is 5.19. The number of amides is 1. The Bertz CT molecular complexity index is 979. The van der Waals surface area contributed by atoms with Crippen molar-refractivity contribution in [2.24, 2.45) is 0 Å². The van der Waals surface area contributed by atoms with Crippen molar-refractivity contribution in [3.05, 3.63) is 58.3 Å². The normalized spacial score (nSPS) is 16.0. The molecule has 29 heavy (non-hydrogen) atoms. The number of hydrogen-bond acceptors (Lipinski definition) is 4. The van der Waals surface area contributed by atoms with Crippen LogP contribution in [-0.2, 0) is 14.8 Å². The molecule has 0 spiro atoms. The third-order valence-corrected chi connectivity index (χ3v) is 7.52. The van der Waals surface area contributed by atoms with Gasteiger partial charge in [0.15, 0.2) is 0 Å². The Morgan fingerprint density at radius 3 is 2.34 bits per heavy atom. The first-order valence-electron chi connectivity index (χ1n) is 8.99. The topological polar surface area (TPSA) is 69.7 Å². The van der Waals surface area contributed by atoms with Crippen molar-refractivity contribution in [2.75, 3.05) is 38.0 Å². The molecule has 0 aliphatic carbocycles. The van der Waals surface area contributed by atoms with E-state index in [0.29, 0.717) is 38.4 Å². The Morgan fingerprint density at radius 2 is 1.69 bits per heavy atom. The lowest BCUT2D eigenvalue weighted by atomic mass is 10.2. The zero-order chi connectivity index (χ0) is 21.0. The molecule has 2 aromatic carbocycles. The molecule has 1 aliphatic heterocycles. The van der Waals surface area contributed by atoms with Crippen molar-refractivity contribution in [3.8, 4) is 0 Å². The smallest absolute Gasteiger partial charge is 0.244 e. The summed E-state index contributed by atoms with van der Waals surface area (Å²) < 4.78 is 39.9. The van der Waals surface area contributed by atoms with Crippen LogP contribution < -0.4 is 5.32 Å². The van der Waals surface area contributed by atoms with Gasteiger partial charge in [0.2, 0.25) is 15.9 Å². The molecule has 1 heterocycles. The van der Waals surface area contributed by atoms with Crippen LogP contribution in [0.4, 0.5) is 10.1 Å². The molecular formula is C19H20Cl2FN3O3S. The molecule has 0 radical (unpaired) electrons. The lowest BCUT2D eigenvalue weighted by Gasteiger charge is -2.34. The summed E-state index contributed by atoms with van der Waals surface area (Å²) in [4.78, 5) is 14.1. The molecule has 1 N–H and O–H groups in total. The van der Waals surface area contributed by atoms with E-state index in [2.05, 4.69) is 5.32 Å². The second-order valence-corrected chi connectivity index (χ2v) is 9.29.